The van der Waals surface area contributed by atoms with E-state index in [2.05, 4.69) is 15.3 Å². The summed E-state index contributed by atoms with van der Waals surface area (Å²) >= 11 is 0. The predicted molar refractivity (Wildman–Crippen MR) is 66.9 cm³/mol. The maximum absolute atomic E-state index is 12.5. The molecule has 4 N–H and O–H groups in total. The molecule has 2 atom stereocenters. The van der Waals surface area contributed by atoms with Crippen LogP contribution >= 0.6 is 0 Å². The fraction of sp³-hybridized carbons (Fsp3) is 0.556. The maximum Gasteiger partial charge on any atom is 0.451 e. The molecule has 0 saturated carbocycles. The molecule has 0 fully saturated rings. The van der Waals surface area contributed by atoms with Gasteiger partial charge in [-0.1, -0.05) is 0 Å². The van der Waals surface area contributed by atoms with Crippen molar-refractivity contribution in [2.45, 2.75) is 18.3 Å². The Labute approximate surface area is 110 Å². The van der Waals surface area contributed by atoms with Crippen LogP contribution in [0.25, 0.3) is 0 Å². The zero-order chi connectivity index (χ0) is 14.6. The van der Waals surface area contributed by atoms with Crippen LogP contribution in [0.2, 0.25) is 0 Å². The highest BCUT2D eigenvalue weighted by Gasteiger charge is 2.35. The highest BCUT2D eigenvalue weighted by Crippen LogP contribution is 2.28. The minimum absolute atomic E-state index is 0.0347. The summed E-state index contributed by atoms with van der Waals surface area (Å²) in [5, 5.41) is 2.45. The fourth-order valence-electron chi connectivity index (χ4n) is 1.10. The number of nitrogens with one attached hydrogen (secondary N) is 2. The number of nitrogens with zero attached hydrogens (tertiary/aromatic N) is 2. The van der Waals surface area contributed by atoms with Crippen molar-refractivity contribution in [1.82, 2.24) is 9.97 Å². The van der Waals surface area contributed by atoms with Gasteiger partial charge in [-0.05, 0) is 6.92 Å². The van der Waals surface area contributed by atoms with Crippen molar-refractivity contribution in [3.05, 3.63) is 11.9 Å². The largest absolute Gasteiger partial charge is 0.451 e. The van der Waals surface area contributed by atoms with Crippen LogP contribution in [0.15, 0.2) is 6.07 Å². The first kappa shape index (κ1) is 15.6. The number of hydrogen-bond acceptors (Lipinski definition) is 6. The number of hydrazine groups is 1. The van der Waals surface area contributed by atoms with Crippen LogP contribution in [0.4, 0.5) is 24.8 Å². The molecule has 0 bridgehead atoms. The van der Waals surface area contributed by atoms with Gasteiger partial charge in [0.25, 0.3) is 0 Å². The molecule has 0 saturated heterocycles. The molecule has 0 aliphatic heterocycles. The Kier molecular flexibility index (Phi) is 5.06. The van der Waals surface area contributed by atoms with Crippen molar-refractivity contribution in [2.75, 3.05) is 23.5 Å². The molecule has 0 aliphatic carbocycles. The van der Waals surface area contributed by atoms with E-state index in [0.717, 1.165) is 0 Å². The molecular formula is C9H14F3N5OS. The Morgan fingerprint density at radius 3 is 2.47 bits per heavy atom. The Morgan fingerprint density at radius 1 is 1.42 bits per heavy atom. The molecule has 1 aromatic rings. The third-order valence-electron chi connectivity index (χ3n) is 2.26. The molecule has 1 aromatic heterocycles. The predicted octanol–water partition coefficient (Wildman–Crippen LogP) is 0.960. The molecule has 1 rings (SSSR count). The van der Waals surface area contributed by atoms with E-state index in [1.54, 1.807) is 6.92 Å². The van der Waals surface area contributed by atoms with E-state index in [-0.39, 0.29) is 23.4 Å². The number of alkyl halides is 3. The quantitative estimate of drug-likeness (QED) is 0.554. The van der Waals surface area contributed by atoms with Crippen LogP contribution < -0.4 is 16.6 Å². The Bertz CT molecular complexity index is 468. The normalized spacial score (nSPS) is 14.8. The Morgan fingerprint density at radius 2 is 2.00 bits per heavy atom. The van der Waals surface area contributed by atoms with Gasteiger partial charge in [-0.15, -0.1) is 0 Å². The third kappa shape index (κ3) is 4.63. The van der Waals surface area contributed by atoms with Gasteiger partial charge < -0.3 is 10.7 Å². The van der Waals surface area contributed by atoms with Gasteiger partial charge in [-0.2, -0.15) is 13.2 Å². The van der Waals surface area contributed by atoms with Crippen LogP contribution in [0, 0.1) is 0 Å². The molecule has 6 nitrogen and oxygen atoms in total. The van der Waals surface area contributed by atoms with Crippen molar-refractivity contribution in [1.29, 1.82) is 0 Å². The summed E-state index contributed by atoms with van der Waals surface area (Å²) < 4.78 is 48.8. The van der Waals surface area contributed by atoms with Crippen molar-refractivity contribution in [3.63, 3.8) is 0 Å². The average molecular weight is 297 g/mol. The van der Waals surface area contributed by atoms with Crippen molar-refractivity contribution >= 4 is 22.4 Å². The fourth-order valence-corrected chi connectivity index (χ4v) is 1.42. The molecular weight excluding hydrogens is 283 g/mol. The lowest BCUT2D eigenvalue weighted by Gasteiger charge is -2.13. The monoisotopic (exact) mass is 297 g/mol. The second kappa shape index (κ2) is 6.15. The number of hydrogen-bond donors (Lipinski definition) is 3. The molecule has 0 aliphatic rings. The highest BCUT2D eigenvalue weighted by atomic mass is 32.2. The summed E-state index contributed by atoms with van der Waals surface area (Å²) in [7, 11) is -1.08. The second-order valence-electron chi connectivity index (χ2n) is 3.79. The van der Waals surface area contributed by atoms with Gasteiger partial charge in [-0.25, -0.2) is 15.8 Å². The standard InChI is InChI=1S/C9H14F3N5OS/c1-5(19(2)18)4-14-6-3-7(17-13)16-8(15-6)9(10,11)12/h3,5H,4,13H2,1-2H3,(H2,14,15,16,17). The van der Waals surface area contributed by atoms with Crippen LogP contribution in [-0.4, -0.2) is 32.2 Å². The van der Waals surface area contributed by atoms with Crippen molar-refractivity contribution < 1.29 is 17.4 Å². The molecule has 0 aromatic carbocycles. The Balaban J connectivity index is 2.92. The van der Waals surface area contributed by atoms with E-state index in [4.69, 9.17) is 5.84 Å². The number of halogens is 3. The molecule has 10 heteroatoms. The number of nitrogen functional groups attached to an aromatic ring is 1. The first-order valence-electron chi connectivity index (χ1n) is 5.23. The van der Waals surface area contributed by atoms with E-state index in [1.165, 1.54) is 12.3 Å². The van der Waals surface area contributed by atoms with Crippen molar-refractivity contribution in [3.8, 4) is 0 Å². The topological polar surface area (TPSA) is 92.9 Å². The number of nitrogens with two attached hydrogens (primary N) is 1. The Hall–Kier alpha value is -1.42. The zero-order valence-electron chi connectivity index (χ0n) is 10.3. The van der Waals surface area contributed by atoms with Gasteiger partial charge >= 0.3 is 6.18 Å². The first-order chi connectivity index (χ1) is 8.74. The molecule has 2 unspecified atom stereocenters. The number of rotatable bonds is 5. The molecule has 1 heterocycles. The minimum Gasteiger partial charge on any atom is -0.369 e. The van der Waals surface area contributed by atoms with E-state index in [1.807, 2.05) is 5.43 Å². The first-order valence-corrected chi connectivity index (χ1v) is 6.85. The number of aromatic nitrogens is 2. The van der Waals surface area contributed by atoms with Crippen LogP contribution in [0.5, 0.6) is 0 Å². The van der Waals surface area contributed by atoms with Gasteiger partial charge in [0.05, 0.1) is 0 Å². The van der Waals surface area contributed by atoms with E-state index >= 15 is 0 Å². The summed E-state index contributed by atoms with van der Waals surface area (Å²) in [5.74, 6) is 3.56. The third-order valence-corrected chi connectivity index (χ3v) is 3.56. The average Bonchev–Trinajstić information content (AvgIpc) is 2.34. The maximum atomic E-state index is 12.5. The molecule has 0 radical (unpaired) electrons. The van der Waals surface area contributed by atoms with Gasteiger partial charge in [0.1, 0.15) is 11.6 Å². The van der Waals surface area contributed by atoms with Gasteiger partial charge in [-0.3, -0.25) is 4.21 Å². The molecule has 19 heavy (non-hydrogen) atoms. The molecule has 0 spiro atoms. The summed E-state index contributed by atoms with van der Waals surface area (Å²) in [5.41, 5.74) is 2.04. The summed E-state index contributed by atoms with van der Waals surface area (Å²) in [6.45, 7) is 1.93. The lowest BCUT2D eigenvalue weighted by molar-refractivity contribution is -0.144. The van der Waals surface area contributed by atoms with Gasteiger partial charge in [0, 0.05) is 34.9 Å². The minimum atomic E-state index is -4.66. The van der Waals surface area contributed by atoms with Crippen LogP contribution in [0.1, 0.15) is 12.7 Å². The van der Waals surface area contributed by atoms with E-state index in [0.29, 0.717) is 0 Å². The zero-order valence-corrected chi connectivity index (χ0v) is 11.1. The SMILES string of the molecule is CC(CNc1cc(NN)nc(C(F)(F)F)n1)S(C)=O. The molecule has 0 amide bonds. The second-order valence-corrected chi connectivity index (χ2v) is 5.60. The van der Waals surface area contributed by atoms with Crippen LogP contribution in [-0.2, 0) is 17.0 Å². The summed E-state index contributed by atoms with van der Waals surface area (Å²) in [6, 6.07) is 1.24. The molecule has 108 valence electrons. The highest BCUT2D eigenvalue weighted by molar-refractivity contribution is 7.84. The lowest BCUT2D eigenvalue weighted by atomic mass is 10.4. The summed E-state index contributed by atoms with van der Waals surface area (Å²) in [6.07, 6.45) is -3.15. The van der Waals surface area contributed by atoms with Crippen LogP contribution in [0.3, 0.4) is 0 Å². The van der Waals surface area contributed by atoms with Crippen molar-refractivity contribution in [2.24, 2.45) is 5.84 Å². The number of anilines is 2. The van der Waals surface area contributed by atoms with Gasteiger partial charge in [0.15, 0.2) is 0 Å². The lowest BCUT2D eigenvalue weighted by Crippen LogP contribution is -2.23. The van der Waals surface area contributed by atoms with E-state index < -0.39 is 22.8 Å². The van der Waals surface area contributed by atoms with Gasteiger partial charge in [0.2, 0.25) is 5.82 Å². The summed E-state index contributed by atoms with van der Waals surface area (Å²) in [4.78, 5) is 6.56. The van der Waals surface area contributed by atoms with E-state index in [9.17, 15) is 17.4 Å². The smallest absolute Gasteiger partial charge is 0.369 e.